The zero-order chi connectivity index (χ0) is 9.52. The Bertz CT molecular complexity index is 233. The van der Waals surface area contributed by atoms with E-state index in [1.165, 1.54) is 5.56 Å². The van der Waals surface area contributed by atoms with E-state index in [9.17, 15) is 0 Å². The molecule has 0 spiro atoms. The van der Waals surface area contributed by atoms with E-state index in [0.29, 0.717) is 19.7 Å². The highest BCUT2D eigenvalue weighted by molar-refractivity contribution is 5.27. The minimum atomic E-state index is 0.546. The first-order valence-electron chi connectivity index (χ1n) is 4.48. The van der Waals surface area contributed by atoms with E-state index in [-0.39, 0.29) is 0 Å². The average molecular weight is 180 g/mol. The van der Waals surface area contributed by atoms with E-state index in [1.807, 2.05) is 24.3 Å². The smallest absolute Gasteiger partial charge is 0.119 e. The Morgan fingerprint density at radius 2 is 1.69 bits per heavy atom. The molecule has 72 valence electrons. The van der Waals surface area contributed by atoms with Gasteiger partial charge in [0.25, 0.3) is 0 Å². The Morgan fingerprint density at radius 1 is 1.00 bits per heavy atom. The molecule has 0 saturated carbocycles. The van der Waals surface area contributed by atoms with E-state index in [2.05, 4.69) is 0 Å². The first-order valence-corrected chi connectivity index (χ1v) is 4.48. The summed E-state index contributed by atoms with van der Waals surface area (Å²) in [7, 11) is 0. The summed E-state index contributed by atoms with van der Waals surface area (Å²) in [5.74, 6) is 0.867. The largest absolute Gasteiger partial charge is 0.492 e. The van der Waals surface area contributed by atoms with Crippen molar-refractivity contribution in [2.75, 3.05) is 19.7 Å². The lowest BCUT2D eigenvalue weighted by atomic mass is 10.1. The number of benzene rings is 1. The third kappa shape index (κ3) is 3.44. The van der Waals surface area contributed by atoms with Crippen LogP contribution < -0.4 is 16.2 Å². The minimum absolute atomic E-state index is 0.546. The maximum Gasteiger partial charge on any atom is 0.119 e. The molecule has 0 radical (unpaired) electrons. The monoisotopic (exact) mass is 180 g/mol. The molecule has 0 amide bonds. The highest BCUT2D eigenvalue weighted by Gasteiger charge is 1.93. The Labute approximate surface area is 78.7 Å². The average Bonchev–Trinajstić information content (AvgIpc) is 2.17. The van der Waals surface area contributed by atoms with E-state index < -0.39 is 0 Å². The van der Waals surface area contributed by atoms with Gasteiger partial charge in [0.1, 0.15) is 12.4 Å². The van der Waals surface area contributed by atoms with E-state index in [1.54, 1.807) is 0 Å². The summed E-state index contributed by atoms with van der Waals surface area (Å²) < 4.78 is 5.33. The van der Waals surface area contributed by atoms with Gasteiger partial charge >= 0.3 is 0 Å². The summed E-state index contributed by atoms with van der Waals surface area (Å²) in [6.07, 6.45) is 0.914. The third-order valence-corrected chi connectivity index (χ3v) is 1.74. The lowest BCUT2D eigenvalue weighted by Crippen LogP contribution is -2.10. The Morgan fingerprint density at radius 3 is 2.23 bits per heavy atom. The predicted molar refractivity (Wildman–Crippen MR) is 53.7 cm³/mol. The maximum absolute atomic E-state index is 5.43. The summed E-state index contributed by atoms with van der Waals surface area (Å²) >= 11 is 0. The molecule has 0 saturated heterocycles. The van der Waals surface area contributed by atoms with Gasteiger partial charge in [0.05, 0.1) is 0 Å². The van der Waals surface area contributed by atoms with Crippen molar-refractivity contribution in [3.63, 3.8) is 0 Å². The highest BCUT2D eigenvalue weighted by atomic mass is 16.5. The zero-order valence-corrected chi connectivity index (χ0v) is 7.70. The van der Waals surface area contributed by atoms with Crippen molar-refractivity contribution in [1.29, 1.82) is 0 Å². The molecule has 1 aromatic carbocycles. The molecule has 1 rings (SSSR count). The summed E-state index contributed by atoms with van der Waals surface area (Å²) in [5, 5.41) is 0. The fourth-order valence-corrected chi connectivity index (χ4v) is 1.10. The van der Waals surface area contributed by atoms with Crippen molar-refractivity contribution < 1.29 is 4.74 Å². The molecule has 3 heteroatoms. The van der Waals surface area contributed by atoms with Crippen LogP contribution in [0.5, 0.6) is 5.75 Å². The van der Waals surface area contributed by atoms with Crippen molar-refractivity contribution in [2.45, 2.75) is 6.42 Å². The Balaban J connectivity index is 2.48. The van der Waals surface area contributed by atoms with Crippen molar-refractivity contribution in [3.05, 3.63) is 29.8 Å². The third-order valence-electron chi connectivity index (χ3n) is 1.74. The van der Waals surface area contributed by atoms with Crippen molar-refractivity contribution in [1.82, 2.24) is 0 Å². The van der Waals surface area contributed by atoms with Crippen LogP contribution in [0.25, 0.3) is 0 Å². The van der Waals surface area contributed by atoms with Crippen LogP contribution in [-0.2, 0) is 6.42 Å². The molecule has 0 fully saturated rings. The topological polar surface area (TPSA) is 61.3 Å². The second kappa shape index (κ2) is 5.56. The van der Waals surface area contributed by atoms with Crippen LogP contribution in [0.2, 0.25) is 0 Å². The van der Waals surface area contributed by atoms with E-state index in [0.717, 1.165) is 12.2 Å². The van der Waals surface area contributed by atoms with Crippen LogP contribution in [-0.4, -0.2) is 19.7 Å². The number of hydrogen-bond acceptors (Lipinski definition) is 3. The van der Waals surface area contributed by atoms with Gasteiger partial charge in [0.15, 0.2) is 0 Å². The standard InChI is InChI=1S/C10H16N2O/c11-6-5-9-1-3-10(4-2-9)13-8-7-12/h1-4H,5-8,11-12H2. The van der Waals surface area contributed by atoms with Gasteiger partial charge in [-0.3, -0.25) is 0 Å². The molecule has 0 bridgehead atoms. The molecule has 1 aromatic rings. The summed E-state index contributed by atoms with van der Waals surface area (Å²) in [6.45, 7) is 1.80. The molecule has 3 nitrogen and oxygen atoms in total. The minimum Gasteiger partial charge on any atom is -0.492 e. The Kier molecular flexibility index (Phi) is 4.29. The van der Waals surface area contributed by atoms with Gasteiger partial charge in [-0.1, -0.05) is 12.1 Å². The van der Waals surface area contributed by atoms with Crippen LogP contribution in [0.3, 0.4) is 0 Å². The fraction of sp³-hybridized carbons (Fsp3) is 0.400. The lowest BCUT2D eigenvalue weighted by molar-refractivity contribution is 0.328. The van der Waals surface area contributed by atoms with Gasteiger partial charge in [0, 0.05) is 6.54 Å². The SMILES string of the molecule is NCCOc1ccc(CCN)cc1. The first kappa shape index (κ1) is 10.0. The Hall–Kier alpha value is -1.06. The second-order valence-corrected chi connectivity index (χ2v) is 2.82. The van der Waals surface area contributed by atoms with Crippen LogP contribution in [0.15, 0.2) is 24.3 Å². The highest BCUT2D eigenvalue weighted by Crippen LogP contribution is 2.11. The zero-order valence-electron chi connectivity index (χ0n) is 7.70. The van der Waals surface area contributed by atoms with Gasteiger partial charge in [-0.05, 0) is 30.7 Å². The quantitative estimate of drug-likeness (QED) is 0.694. The normalized spacial score (nSPS) is 10.0. The number of rotatable bonds is 5. The van der Waals surface area contributed by atoms with Gasteiger partial charge in [-0.15, -0.1) is 0 Å². The molecule has 0 aliphatic heterocycles. The first-order chi connectivity index (χ1) is 6.36. The fourth-order valence-electron chi connectivity index (χ4n) is 1.10. The molecule has 0 unspecified atom stereocenters. The number of nitrogens with two attached hydrogens (primary N) is 2. The summed E-state index contributed by atoms with van der Waals surface area (Å²) in [5.41, 5.74) is 12.0. The van der Waals surface area contributed by atoms with Gasteiger partial charge in [-0.25, -0.2) is 0 Å². The number of ether oxygens (including phenoxy) is 1. The predicted octanol–water partition coefficient (Wildman–Crippen LogP) is 0.525. The van der Waals surface area contributed by atoms with Crippen molar-refractivity contribution in [3.8, 4) is 5.75 Å². The lowest BCUT2D eigenvalue weighted by Gasteiger charge is -2.04. The van der Waals surface area contributed by atoms with Gasteiger partial charge < -0.3 is 16.2 Å². The number of hydrogen-bond donors (Lipinski definition) is 2. The molecular weight excluding hydrogens is 164 g/mol. The van der Waals surface area contributed by atoms with Crippen LogP contribution >= 0.6 is 0 Å². The molecular formula is C10H16N2O. The van der Waals surface area contributed by atoms with Gasteiger partial charge in [0.2, 0.25) is 0 Å². The molecule has 0 aromatic heterocycles. The molecule has 0 heterocycles. The van der Waals surface area contributed by atoms with E-state index in [4.69, 9.17) is 16.2 Å². The van der Waals surface area contributed by atoms with Crippen molar-refractivity contribution in [2.24, 2.45) is 11.5 Å². The van der Waals surface area contributed by atoms with Crippen LogP contribution in [0, 0.1) is 0 Å². The molecule has 13 heavy (non-hydrogen) atoms. The summed E-state index contributed by atoms with van der Waals surface area (Å²) in [4.78, 5) is 0. The van der Waals surface area contributed by atoms with Gasteiger partial charge in [-0.2, -0.15) is 0 Å². The van der Waals surface area contributed by atoms with Crippen LogP contribution in [0.1, 0.15) is 5.56 Å². The molecule has 4 N–H and O–H groups in total. The maximum atomic E-state index is 5.43. The summed E-state index contributed by atoms with van der Waals surface area (Å²) in [6, 6.07) is 7.94. The van der Waals surface area contributed by atoms with Crippen molar-refractivity contribution >= 4 is 0 Å². The van der Waals surface area contributed by atoms with E-state index >= 15 is 0 Å². The molecule has 0 aliphatic carbocycles. The second-order valence-electron chi connectivity index (χ2n) is 2.82. The molecule has 0 atom stereocenters. The van der Waals surface area contributed by atoms with Crippen LogP contribution in [0.4, 0.5) is 0 Å². The molecule has 0 aliphatic rings.